The zero-order valence-corrected chi connectivity index (χ0v) is 10.9. The maximum atomic E-state index is 11.3. The Balaban J connectivity index is 2.43. The number of rotatable bonds is 7. The van der Waals surface area contributed by atoms with E-state index in [2.05, 4.69) is 5.43 Å². The average Bonchev–Trinajstić information content (AvgIpc) is 2.70. The van der Waals surface area contributed by atoms with E-state index in [0.717, 1.165) is 10.4 Å². The molecule has 0 saturated carbocycles. The third-order valence-electron chi connectivity index (χ3n) is 2.21. The summed E-state index contributed by atoms with van der Waals surface area (Å²) in [5, 5.41) is 0. The molecule has 1 aromatic heterocycles. The number of nitrogens with one attached hydrogen (secondary N) is 1. The van der Waals surface area contributed by atoms with Crippen LogP contribution in [0.25, 0.3) is 0 Å². The molecule has 0 aliphatic rings. The monoisotopic (exact) mass is 258 g/mol. The van der Waals surface area contributed by atoms with E-state index >= 15 is 0 Å². The number of carbonyl (C=O) groups is 1. The lowest BCUT2D eigenvalue weighted by molar-refractivity contribution is 0.0452. The molecular weight excluding hydrogens is 240 g/mol. The van der Waals surface area contributed by atoms with Crippen LogP contribution in [0.2, 0.25) is 0 Å². The van der Waals surface area contributed by atoms with Gasteiger partial charge in [0.25, 0.3) is 5.91 Å². The summed E-state index contributed by atoms with van der Waals surface area (Å²) in [6.45, 7) is 6.24. The van der Waals surface area contributed by atoms with Gasteiger partial charge in [-0.25, -0.2) is 5.84 Å². The van der Waals surface area contributed by atoms with Crippen LogP contribution in [0.15, 0.2) is 6.07 Å². The Morgan fingerprint density at radius 1 is 1.47 bits per heavy atom. The second-order valence-electron chi connectivity index (χ2n) is 3.42. The molecule has 0 aliphatic heterocycles. The summed E-state index contributed by atoms with van der Waals surface area (Å²) in [5.74, 6) is 4.81. The van der Waals surface area contributed by atoms with Crippen molar-refractivity contribution in [3.63, 3.8) is 0 Å². The molecule has 17 heavy (non-hydrogen) atoms. The predicted octanol–water partition coefficient (Wildman–Crippen LogP) is 1.21. The highest BCUT2D eigenvalue weighted by Gasteiger charge is 2.11. The van der Waals surface area contributed by atoms with E-state index in [1.807, 2.05) is 19.9 Å². The van der Waals surface area contributed by atoms with Crippen LogP contribution in [-0.2, 0) is 16.1 Å². The summed E-state index contributed by atoms with van der Waals surface area (Å²) in [6.07, 6.45) is 0. The fourth-order valence-corrected chi connectivity index (χ4v) is 2.22. The van der Waals surface area contributed by atoms with E-state index in [0.29, 0.717) is 31.3 Å². The van der Waals surface area contributed by atoms with Gasteiger partial charge >= 0.3 is 0 Å². The zero-order valence-electron chi connectivity index (χ0n) is 10.1. The molecule has 1 amide bonds. The van der Waals surface area contributed by atoms with E-state index in [9.17, 15) is 4.79 Å². The molecule has 0 bridgehead atoms. The van der Waals surface area contributed by atoms with Crippen LogP contribution in [0.1, 0.15) is 27.0 Å². The summed E-state index contributed by atoms with van der Waals surface area (Å²) >= 11 is 1.41. The molecule has 6 heteroatoms. The summed E-state index contributed by atoms with van der Waals surface area (Å²) in [6, 6.07) is 1.81. The molecule has 0 unspecified atom stereocenters. The summed E-state index contributed by atoms with van der Waals surface area (Å²) in [7, 11) is 0. The van der Waals surface area contributed by atoms with Crippen molar-refractivity contribution in [3.05, 3.63) is 21.4 Å². The van der Waals surface area contributed by atoms with Gasteiger partial charge < -0.3 is 9.47 Å². The Labute approximate surface area is 105 Å². The number of carbonyl (C=O) groups excluding carboxylic acids is 1. The fourth-order valence-electron chi connectivity index (χ4n) is 1.29. The number of aryl methyl sites for hydroxylation is 1. The van der Waals surface area contributed by atoms with Crippen LogP contribution in [0.5, 0.6) is 0 Å². The van der Waals surface area contributed by atoms with Crippen molar-refractivity contribution in [1.82, 2.24) is 5.43 Å². The molecule has 3 N–H and O–H groups in total. The predicted molar refractivity (Wildman–Crippen MR) is 66.9 cm³/mol. The number of nitrogens with two attached hydrogens (primary N) is 1. The highest BCUT2D eigenvalue weighted by Crippen LogP contribution is 2.22. The number of amides is 1. The summed E-state index contributed by atoms with van der Waals surface area (Å²) < 4.78 is 10.6. The van der Waals surface area contributed by atoms with E-state index < -0.39 is 0 Å². The first-order chi connectivity index (χ1) is 8.19. The van der Waals surface area contributed by atoms with Crippen LogP contribution >= 0.6 is 11.3 Å². The first-order valence-electron chi connectivity index (χ1n) is 5.44. The van der Waals surface area contributed by atoms with Gasteiger partial charge in [0, 0.05) is 11.5 Å². The number of hydrazine groups is 1. The molecular formula is C11H18N2O3S. The summed E-state index contributed by atoms with van der Waals surface area (Å²) in [5.41, 5.74) is 3.14. The molecule has 0 atom stereocenters. The van der Waals surface area contributed by atoms with Gasteiger partial charge in [0.15, 0.2) is 0 Å². The smallest absolute Gasteiger partial charge is 0.275 e. The van der Waals surface area contributed by atoms with Crippen LogP contribution in [0.3, 0.4) is 0 Å². The number of nitrogen functional groups attached to an aromatic ring is 1. The molecule has 0 spiro atoms. The van der Waals surface area contributed by atoms with Gasteiger partial charge in [0.2, 0.25) is 0 Å². The second-order valence-corrected chi connectivity index (χ2v) is 4.67. The van der Waals surface area contributed by atoms with Crippen molar-refractivity contribution >= 4 is 17.2 Å². The number of hydrogen-bond donors (Lipinski definition) is 2. The van der Waals surface area contributed by atoms with Gasteiger partial charge in [0.05, 0.1) is 24.7 Å². The molecule has 5 nitrogen and oxygen atoms in total. The normalized spacial score (nSPS) is 10.5. The van der Waals surface area contributed by atoms with Gasteiger partial charge in [-0.2, -0.15) is 0 Å². The summed E-state index contributed by atoms with van der Waals surface area (Å²) in [4.78, 5) is 13.0. The molecule has 1 heterocycles. The lowest BCUT2D eigenvalue weighted by atomic mass is 10.2. The van der Waals surface area contributed by atoms with E-state index in [4.69, 9.17) is 15.3 Å². The molecule has 1 aromatic rings. The van der Waals surface area contributed by atoms with Crippen molar-refractivity contribution in [2.45, 2.75) is 20.5 Å². The largest absolute Gasteiger partial charge is 0.379 e. The maximum Gasteiger partial charge on any atom is 0.275 e. The Kier molecular flexibility index (Phi) is 6.13. The van der Waals surface area contributed by atoms with Crippen LogP contribution in [0.4, 0.5) is 0 Å². The van der Waals surface area contributed by atoms with Gasteiger partial charge in [-0.3, -0.25) is 10.2 Å². The topological polar surface area (TPSA) is 73.6 Å². The van der Waals surface area contributed by atoms with Crippen molar-refractivity contribution < 1.29 is 14.3 Å². The molecule has 1 rings (SSSR count). The SMILES string of the molecule is CCOCCOCc1cc(C(=O)NN)sc1C. The number of thiophene rings is 1. The third kappa shape index (κ3) is 4.43. The minimum Gasteiger partial charge on any atom is -0.379 e. The van der Waals surface area contributed by atoms with Crippen LogP contribution in [-0.4, -0.2) is 25.7 Å². The highest BCUT2D eigenvalue weighted by atomic mass is 32.1. The first kappa shape index (κ1) is 14.1. The number of hydrogen-bond acceptors (Lipinski definition) is 5. The van der Waals surface area contributed by atoms with Gasteiger partial charge in [-0.1, -0.05) is 0 Å². The Morgan fingerprint density at radius 3 is 2.82 bits per heavy atom. The van der Waals surface area contributed by atoms with E-state index in [1.54, 1.807) is 0 Å². The first-order valence-corrected chi connectivity index (χ1v) is 6.26. The third-order valence-corrected chi connectivity index (χ3v) is 3.30. The molecule has 0 saturated heterocycles. The van der Waals surface area contributed by atoms with Crippen LogP contribution < -0.4 is 11.3 Å². The van der Waals surface area contributed by atoms with Crippen molar-refractivity contribution in [2.75, 3.05) is 19.8 Å². The molecule has 0 aromatic carbocycles. The second kappa shape index (κ2) is 7.39. The van der Waals surface area contributed by atoms with Gasteiger partial charge in [-0.05, 0) is 25.5 Å². The van der Waals surface area contributed by atoms with E-state index in [1.165, 1.54) is 11.3 Å². The lowest BCUT2D eigenvalue weighted by Crippen LogP contribution is -2.29. The van der Waals surface area contributed by atoms with Crippen LogP contribution in [0, 0.1) is 6.92 Å². The van der Waals surface area contributed by atoms with Gasteiger partial charge in [0.1, 0.15) is 0 Å². The zero-order chi connectivity index (χ0) is 12.7. The molecule has 96 valence electrons. The standard InChI is InChI=1S/C11H18N2O3S/c1-3-15-4-5-16-7-9-6-10(11(14)13-12)17-8(9)2/h6H,3-5,7,12H2,1-2H3,(H,13,14). The average molecular weight is 258 g/mol. The van der Waals surface area contributed by atoms with Crippen molar-refractivity contribution in [1.29, 1.82) is 0 Å². The quantitative estimate of drug-likeness (QED) is 0.334. The minimum absolute atomic E-state index is 0.265. The van der Waals surface area contributed by atoms with Gasteiger partial charge in [-0.15, -0.1) is 11.3 Å². The Morgan fingerprint density at radius 2 is 2.18 bits per heavy atom. The molecule has 0 radical (unpaired) electrons. The Bertz CT molecular complexity index is 366. The van der Waals surface area contributed by atoms with Crippen molar-refractivity contribution in [3.8, 4) is 0 Å². The minimum atomic E-state index is -0.265. The molecule has 0 fully saturated rings. The number of ether oxygens (including phenoxy) is 2. The van der Waals surface area contributed by atoms with E-state index in [-0.39, 0.29) is 5.91 Å². The lowest BCUT2D eigenvalue weighted by Gasteiger charge is -2.03. The van der Waals surface area contributed by atoms with Crippen molar-refractivity contribution in [2.24, 2.45) is 5.84 Å². The Hall–Kier alpha value is -0.950. The fraction of sp³-hybridized carbons (Fsp3) is 0.545. The maximum absolute atomic E-state index is 11.3. The molecule has 0 aliphatic carbocycles. The highest BCUT2D eigenvalue weighted by molar-refractivity contribution is 7.14.